The van der Waals surface area contributed by atoms with E-state index < -0.39 is 46.8 Å². The predicted molar refractivity (Wildman–Crippen MR) is 62.1 cm³/mol. The van der Waals surface area contributed by atoms with Crippen molar-refractivity contribution >= 4 is 22.3 Å². The topological polar surface area (TPSA) is 150 Å². The van der Waals surface area contributed by atoms with Crippen molar-refractivity contribution in [2.24, 2.45) is 5.41 Å². The third kappa shape index (κ3) is 7.06. The molecule has 10 heteroatoms. The van der Waals surface area contributed by atoms with E-state index in [0.29, 0.717) is 0 Å². The first-order valence-corrected chi connectivity index (χ1v) is 6.62. The Labute approximate surface area is 110 Å². The summed E-state index contributed by atoms with van der Waals surface area (Å²) in [4.78, 5) is 22.3. The zero-order chi connectivity index (χ0) is 15.3. The largest absolute Gasteiger partial charge is 0.448 e. The van der Waals surface area contributed by atoms with E-state index in [-0.39, 0.29) is 6.54 Å². The zero-order valence-corrected chi connectivity index (χ0v) is 11.3. The summed E-state index contributed by atoms with van der Waals surface area (Å²) < 4.78 is 32.2. The molecule has 19 heavy (non-hydrogen) atoms. The highest BCUT2D eigenvalue weighted by Gasteiger charge is 2.32. The fraction of sp³-hybridized carbons (Fsp3) is 0.778. The molecule has 0 fully saturated rings. The average Bonchev–Trinajstić information content (AvgIpc) is 2.25. The minimum Gasteiger partial charge on any atom is -0.396 e. The van der Waals surface area contributed by atoms with Crippen molar-refractivity contribution in [3.05, 3.63) is 0 Å². The minimum atomic E-state index is -4.86. The molecule has 1 atom stereocenters. The van der Waals surface area contributed by atoms with E-state index in [1.165, 1.54) is 13.8 Å². The Balaban J connectivity index is 4.16. The molecule has 0 aromatic rings. The van der Waals surface area contributed by atoms with Crippen LogP contribution in [0.3, 0.4) is 0 Å². The molecule has 0 aliphatic carbocycles. The molecule has 0 radical (unpaired) electrons. The SMILES string of the molecule is CC(C)(CO)[C@@H](O)C(=O)NCCC(=O)OS(=O)(=O)O. The highest BCUT2D eigenvalue weighted by Crippen LogP contribution is 2.19. The fourth-order valence-corrected chi connectivity index (χ4v) is 1.30. The maximum absolute atomic E-state index is 11.4. The molecule has 0 heterocycles. The van der Waals surface area contributed by atoms with E-state index >= 15 is 0 Å². The normalized spacial score (nSPS) is 13.7. The number of rotatable bonds is 7. The summed E-state index contributed by atoms with van der Waals surface area (Å²) in [5.74, 6) is -2.07. The number of aliphatic hydroxyl groups is 2. The first kappa shape index (κ1) is 17.8. The van der Waals surface area contributed by atoms with Crippen LogP contribution in [0.4, 0.5) is 0 Å². The summed E-state index contributed by atoms with van der Waals surface area (Å²) in [7, 11) is -4.86. The third-order valence-corrected chi connectivity index (χ3v) is 2.62. The van der Waals surface area contributed by atoms with Crippen LogP contribution in [0, 0.1) is 5.41 Å². The van der Waals surface area contributed by atoms with Gasteiger partial charge in [-0.1, -0.05) is 13.8 Å². The van der Waals surface area contributed by atoms with E-state index in [2.05, 4.69) is 9.50 Å². The van der Waals surface area contributed by atoms with Gasteiger partial charge in [-0.3, -0.25) is 14.1 Å². The van der Waals surface area contributed by atoms with Gasteiger partial charge in [-0.2, -0.15) is 8.42 Å². The van der Waals surface area contributed by atoms with Gasteiger partial charge in [0.1, 0.15) is 6.10 Å². The summed E-state index contributed by atoms with van der Waals surface area (Å²) in [6.07, 6.45) is -1.99. The lowest BCUT2D eigenvalue weighted by molar-refractivity contribution is -0.137. The van der Waals surface area contributed by atoms with Crippen molar-refractivity contribution in [3.63, 3.8) is 0 Å². The molecular weight excluding hydrogens is 282 g/mol. The Bertz CT molecular complexity index is 430. The summed E-state index contributed by atoms with van der Waals surface area (Å²) in [6, 6.07) is 0. The molecule has 0 bridgehead atoms. The second-order valence-electron chi connectivity index (χ2n) is 4.47. The third-order valence-electron chi connectivity index (χ3n) is 2.22. The lowest BCUT2D eigenvalue weighted by Gasteiger charge is -2.26. The number of hydrogen-bond acceptors (Lipinski definition) is 7. The second-order valence-corrected chi connectivity index (χ2v) is 5.50. The van der Waals surface area contributed by atoms with Crippen molar-refractivity contribution in [1.82, 2.24) is 5.32 Å². The van der Waals surface area contributed by atoms with Gasteiger partial charge in [-0.15, -0.1) is 0 Å². The summed E-state index contributed by atoms with van der Waals surface area (Å²) in [5, 5.41) is 20.7. The number of amides is 1. The van der Waals surface area contributed by atoms with Gasteiger partial charge in [-0.25, -0.2) is 0 Å². The Morgan fingerprint density at radius 1 is 1.37 bits per heavy atom. The molecule has 0 saturated carbocycles. The van der Waals surface area contributed by atoms with Gasteiger partial charge in [0.05, 0.1) is 13.0 Å². The summed E-state index contributed by atoms with van der Waals surface area (Å²) >= 11 is 0. The van der Waals surface area contributed by atoms with Gasteiger partial charge in [0.15, 0.2) is 0 Å². The number of carbonyl (C=O) groups excluding carboxylic acids is 2. The van der Waals surface area contributed by atoms with E-state index in [0.717, 1.165) is 0 Å². The minimum absolute atomic E-state index is 0.286. The standard InChI is InChI=1S/C9H17NO8S/c1-9(2,5-11)7(13)8(14)10-4-3-6(12)18-19(15,16)17/h7,11,13H,3-5H2,1-2H3,(H,10,14)(H,15,16,17)/t7-/m0/s1. The van der Waals surface area contributed by atoms with Crippen LogP contribution >= 0.6 is 0 Å². The van der Waals surface area contributed by atoms with Gasteiger partial charge in [0.2, 0.25) is 5.91 Å². The molecule has 0 aromatic carbocycles. The molecule has 0 aliphatic rings. The highest BCUT2D eigenvalue weighted by atomic mass is 32.3. The quantitative estimate of drug-likeness (QED) is 0.403. The lowest BCUT2D eigenvalue weighted by atomic mass is 9.87. The van der Waals surface area contributed by atoms with Crippen LogP contribution in [-0.4, -0.2) is 54.3 Å². The van der Waals surface area contributed by atoms with Gasteiger partial charge in [-0.05, 0) is 0 Å². The first-order chi connectivity index (χ1) is 8.49. The lowest BCUT2D eigenvalue weighted by Crippen LogP contribution is -2.46. The fourth-order valence-electron chi connectivity index (χ4n) is 0.985. The smallest absolute Gasteiger partial charge is 0.396 e. The molecule has 1 amide bonds. The predicted octanol–water partition coefficient (Wildman–Crippen LogP) is -1.78. The van der Waals surface area contributed by atoms with Gasteiger partial charge in [0, 0.05) is 12.0 Å². The van der Waals surface area contributed by atoms with Crippen LogP contribution in [-0.2, 0) is 24.2 Å². The van der Waals surface area contributed by atoms with Crippen molar-refractivity contribution in [2.75, 3.05) is 13.2 Å². The summed E-state index contributed by atoms with van der Waals surface area (Å²) in [5.41, 5.74) is -1.06. The molecule has 0 aliphatic heterocycles. The van der Waals surface area contributed by atoms with E-state index in [9.17, 15) is 23.1 Å². The van der Waals surface area contributed by atoms with Crippen LogP contribution in [0.15, 0.2) is 0 Å². The molecule has 0 aromatic heterocycles. The van der Waals surface area contributed by atoms with Crippen LogP contribution in [0.25, 0.3) is 0 Å². The monoisotopic (exact) mass is 299 g/mol. The maximum Gasteiger partial charge on any atom is 0.448 e. The van der Waals surface area contributed by atoms with Crippen molar-refractivity contribution in [3.8, 4) is 0 Å². The van der Waals surface area contributed by atoms with E-state index in [1.807, 2.05) is 0 Å². The molecule has 0 spiro atoms. The highest BCUT2D eigenvalue weighted by molar-refractivity contribution is 7.81. The maximum atomic E-state index is 11.4. The van der Waals surface area contributed by atoms with Gasteiger partial charge in [0.25, 0.3) is 0 Å². The van der Waals surface area contributed by atoms with Crippen LogP contribution in [0.5, 0.6) is 0 Å². The Kier molecular flexibility index (Phi) is 6.36. The van der Waals surface area contributed by atoms with E-state index in [1.54, 1.807) is 0 Å². The van der Waals surface area contributed by atoms with Crippen LogP contribution < -0.4 is 5.32 Å². The van der Waals surface area contributed by atoms with Crippen molar-refractivity contribution < 1.29 is 37.0 Å². The molecule has 0 rings (SSSR count). The molecule has 0 unspecified atom stereocenters. The summed E-state index contributed by atoms with van der Waals surface area (Å²) in [6.45, 7) is 2.21. The first-order valence-electron chi connectivity index (χ1n) is 5.26. The molecular formula is C9H17NO8S. The Hall–Kier alpha value is -1.23. The van der Waals surface area contributed by atoms with Crippen LogP contribution in [0.2, 0.25) is 0 Å². The number of aliphatic hydroxyl groups excluding tert-OH is 2. The van der Waals surface area contributed by atoms with Crippen molar-refractivity contribution in [1.29, 1.82) is 0 Å². The van der Waals surface area contributed by atoms with Gasteiger partial charge >= 0.3 is 16.4 Å². The second kappa shape index (κ2) is 6.80. The Morgan fingerprint density at radius 2 is 1.89 bits per heavy atom. The molecule has 9 nitrogen and oxygen atoms in total. The van der Waals surface area contributed by atoms with Gasteiger partial charge < -0.3 is 19.7 Å². The van der Waals surface area contributed by atoms with E-state index in [4.69, 9.17) is 9.66 Å². The Morgan fingerprint density at radius 3 is 2.32 bits per heavy atom. The molecule has 112 valence electrons. The molecule has 4 N–H and O–H groups in total. The molecule has 0 saturated heterocycles. The van der Waals surface area contributed by atoms with Crippen LogP contribution in [0.1, 0.15) is 20.3 Å². The van der Waals surface area contributed by atoms with Crippen molar-refractivity contribution in [2.45, 2.75) is 26.4 Å². The average molecular weight is 299 g/mol. The zero-order valence-electron chi connectivity index (χ0n) is 10.5. The number of carbonyl (C=O) groups is 2. The number of nitrogens with one attached hydrogen (secondary N) is 1. The number of hydrogen-bond donors (Lipinski definition) is 4.